The van der Waals surface area contributed by atoms with Crippen molar-refractivity contribution in [3.8, 4) is 0 Å². The van der Waals surface area contributed by atoms with Crippen molar-refractivity contribution in [1.29, 1.82) is 0 Å². The maximum absolute atomic E-state index is 14.4. The van der Waals surface area contributed by atoms with E-state index >= 15 is 0 Å². The third-order valence-electron chi connectivity index (χ3n) is 8.12. The number of fused-ring (bicyclic) bond motifs is 1. The van der Waals surface area contributed by atoms with Gasteiger partial charge in [-0.05, 0) is 49.9 Å². The van der Waals surface area contributed by atoms with Crippen LogP contribution in [0.25, 0.3) is 0 Å². The number of halogens is 1. The number of likely N-dealkylation sites (tertiary alicyclic amines) is 1. The summed E-state index contributed by atoms with van der Waals surface area (Å²) in [5, 5.41) is 9.74. The molecule has 1 aromatic carbocycles. The van der Waals surface area contributed by atoms with Gasteiger partial charge in [0.05, 0.1) is 16.6 Å². The average Bonchev–Trinajstić information content (AvgIpc) is 3.54. The molecule has 0 aliphatic carbocycles. The molecule has 3 aliphatic rings. The summed E-state index contributed by atoms with van der Waals surface area (Å²) in [5.41, 5.74) is 0.699. The summed E-state index contributed by atoms with van der Waals surface area (Å²) >= 11 is 7.80. The Morgan fingerprint density at radius 1 is 1.13 bits per heavy atom. The highest BCUT2D eigenvalue weighted by molar-refractivity contribution is 8.02. The molecular weight excluding hydrogens is 522 g/mol. The van der Waals surface area contributed by atoms with Gasteiger partial charge < -0.3 is 19.8 Å². The number of anilines is 1. The van der Waals surface area contributed by atoms with Crippen molar-refractivity contribution in [2.45, 2.75) is 54.6 Å². The molecule has 5 atom stereocenters. The minimum absolute atomic E-state index is 0.0223. The van der Waals surface area contributed by atoms with Gasteiger partial charge in [-0.3, -0.25) is 14.4 Å². The number of carbonyl (C=O) groups excluding carboxylic acids is 3. The molecule has 3 saturated heterocycles. The Balaban J connectivity index is 1.70. The lowest BCUT2D eigenvalue weighted by atomic mass is 9.70. The first-order valence-corrected chi connectivity index (χ1v) is 14.7. The van der Waals surface area contributed by atoms with Gasteiger partial charge in [-0.1, -0.05) is 36.6 Å². The van der Waals surface area contributed by atoms with Gasteiger partial charge in [-0.2, -0.15) is 0 Å². The van der Waals surface area contributed by atoms with E-state index in [1.54, 1.807) is 57.8 Å². The first kappa shape index (κ1) is 28.7. The van der Waals surface area contributed by atoms with Gasteiger partial charge >= 0.3 is 0 Å². The average molecular weight is 560 g/mol. The largest absolute Gasteiger partial charge is 0.396 e. The highest BCUT2D eigenvalue weighted by Gasteiger charge is 2.73. The lowest BCUT2D eigenvalue weighted by Crippen LogP contribution is -2.55. The first-order valence-electron chi connectivity index (χ1n) is 13.4. The molecule has 2 unspecified atom stereocenters. The Kier molecular flexibility index (Phi) is 9.27. The predicted octanol–water partition coefficient (Wildman–Crippen LogP) is 4.15. The Labute approximate surface area is 234 Å². The van der Waals surface area contributed by atoms with E-state index < -0.39 is 22.6 Å². The Bertz CT molecular complexity index is 1070. The molecule has 9 heteroatoms. The van der Waals surface area contributed by atoms with E-state index in [2.05, 4.69) is 13.2 Å². The molecule has 3 fully saturated rings. The summed E-state index contributed by atoms with van der Waals surface area (Å²) in [6.07, 6.45) is 8.10. The summed E-state index contributed by atoms with van der Waals surface area (Å²) in [7, 11) is 1.75. The van der Waals surface area contributed by atoms with Crippen molar-refractivity contribution in [2.24, 2.45) is 11.8 Å². The zero-order chi connectivity index (χ0) is 27.4. The van der Waals surface area contributed by atoms with Crippen molar-refractivity contribution in [3.63, 3.8) is 0 Å². The van der Waals surface area contributed by atoms with Gasteiger partial charge in [-0.15, -0.1) is 24.9 Å². The highest BCUT2D eigenvalue weighted by atomic mass is 35.5. The van der Waals surface area contributed by atoms with Gasteiger partial charge in [0.25, 0.3) is 5.91 Å². The molecule has 0 saturated carbocycles. The van der Waals surface area contributed by atoms with Crippen molar-refractivity contribution < 1.29 is 19.5 Å². The highest BCUT2D eigenvalue weighted by Crippen LogP contribution is 2.66. The van der Waals surface area contributed by atoms with Crippen LogP contribution in [0.15, 0.2) is 49.6 Å². The van der Waals surface area contributed by atoms with E-state index in [4.69, 9.17) is 16.7 Å². The molecule has 38 heavy (non-hydrogen) atoms. The standard InChI is InChI=1S/C29H38ClN3O4S/c1-4-16-31(3)26(35)23-22-14-15-29(38-22)24(23)27(36)33(18-8-6-7-9-19-34)25(29)28(37)32(17-5-2)21-12-10-20(30)11-13-21/h4-5,10-13,22-25,34H,1-2,6-9,14-19H2,3H3/t22-,23+,24-,25?,29?/m0/s1. The van der Waals surface area contributed by atoms with E-state index in [1.165, 1.54) is 0 Å². The summed E-state index contributed by atoms with van der Waals surface area (Å²) in [4.78, 5) is 47.2. The first-order chi connectivity index (χ1) is 18.3. The molecule has 0 radical (unpaired) electrons. The summed E-state index contributed by atoms with van der Waals surface area (Å²) < 4.78 is -0.634. The number of thioether (sulfide) groups is 1. The number of carbonyl (C=O) groups is 3. The molecule has 3 heterocycles. The van der Waals surface area contributed by atoms with E-state index in [9.17, 15) is 14.4 Å². The van der Waals surface area contributed by atoms with E-state index in [0.29, 0.717) is 30.3 Å². The Morgan fingerprint density at radius 2 is 1.82 bits per heavy atom. The van der Waals surface area contributed by atoms with Crippen LogP contribution in [0.3, 0.4) is 0 Å². The molecule has 3 amide bonds. The van der Waals surface area contributed by atoms with Crippen LogP contribution in [0.1, 0.15) is 38.5 Å². The molecule has 1 spiro atoms. The van der Waals surface area contributed by atoms with Gasteiger partial charge in [0.1, 0.15) is 6.04 Å². The second-order valence-electron chi connectivity index (χ2n) is 10.4. The number of amides is 3. The molecule has 206 valence electrons. The fourth-order valence-electron chi connectivity index (χ4n) is 6.46. The van der Waals surface area contributed by atoms with Crippen molar-refractivity contribution in [1.82, 2.24) is 9.80 Å². The van der Waals surface area contributed by atoms with Crippen LogP contribution in [-0.4, -0.2) is 82.0 Å². The van der Waals surface area contributed by atoms with Gasteiger partial charge in [0, 0.05) is 49.2 Å². The van der Waals surface area contributed by atoms with Crippen LogP contribution in [0.2, 0.25) is 5.02 Å². The van der Waals surface area contributed by atoms with E-state index in [-0.39, 0.29) is 29.6 Å². The molecule has 4 rings (SSSR count). The fourth-order valence-corrected chi connectivity index (χ4v) is 8.79. The summed E-state index contributed by atoms with van der Waals surface area (Å²) in [6, 6.07) is 6.46. The Hall–Kier alpha value is -2.29. The topological polar surface area (TPSA) is 81.2 Å². The van der Waals surface area contributed by atoms with Crippen molar-refractivity contribution >= 4 is 46.8 Å². The van der Waals surface area contributed by atoms with Crippen LogP contribution in [0, 0.1) is 11.8 Å². The Morgan fingerprint density at radius 3 is 2.47 bits per heavy atom. The van der Waals surface area contributed by atoms with Crippen LogP contribution in [0.4, 0.5) is 5.69 Å². The second kappa shape index (κ2) is 12.3. The molecular formula is C29H38ClN3O4S. The van der Waals surface area contributed by atoms with Gasteiger partial charge in [0.15, 0.2) is 0 Å². The van der Waals surface area contributed by atoms with E-state index in [1.807, 2.05) is 12.1 Å². The van der Waals surface area contributed by atoms with Crippen molar-refractivity contribution in [2.75, 3.05) is 38.2 Å². The molecule has 0 aromatic heterocycles. The summed E-state index contributed by atoms with van der Waals surface area (Å²) in [6.45, 7) is 8.94. The zero-order valence-corrected chi connectivity index (χ0v) is 23.6. The predicted molar refractivity (Wildman–Crippen MR) is 153 cm³/mol. The maximum atomic E-state index is 14.4. The lowest BCUT2D eigenvalue weighted by molar-refractivity contribution is -0.143. The number of aliphatic hydroxyl groups excluding tert-OH is 1. The minimum Gasteiger partial charge on any atom is -0.396 e. The molecule has 1 aromatic rings. The second-order valence-corrected chi connectivity index (χ2v) is 12.5. The number of benzene rings is 1. The third-order valence-corrected chi connectivity index (χ3v) is 10.3. The van der Waals surface area contributed by atoms with Crippen LogP contribution >= 0.6 is 23.4 Å². The number of unbranched alkanes of at least 4 members (excludes halogenated alkanes) is 3. The number of hydrogen-bond donors (Lipinski definition) is 1. The van der Waals surface area contributed by atoms with E-state index in [0.717, 1.165) is 38.5 Å². The van der Waals surface area contributed by atoms with Gasteiger partial charge in [0.2, 0.25) is 11.8 Å². The molecule has 1 N–H and O–H groups in total. The number of rotatable bonds is 13. The number of aliphatic hydroxyl groups is 1. The number of hydrogen-bond acceptors (Lipinski definition) is 5. The summed E-state index contributed by atoms with van der Waals surface area (Å²) in [5.74, 6) is -1.23. The SMILES string of the molecule is C=CCN(C)C(=O)[C@@H]1[C@@H]2CCC3(S2)C(C(=O)N(CC=C)c2ccc(Cl)cc2)N(CCCCCCO)C(=O)[C@H]13. The van der Waals surface area contributed by atoms with Crippen molar-refractivity contribution in [3.05, 3.63) is 54.6 Å². The van der Waals surface area contributed by atoms with Crippen LogP contribution in [0.5, 0.6) is 0 Å². The minimum atomic E-state index is -0.661. The zero-order valence-electron chi connectivity index (χ0n) is 22.1. The maximum Gasteiger partial charge on any atom is 0.251 e. The fraction of sp³-hybridized carbons (Fsp3) is 0.552. The number of nitrogens with zero attached hydrogens (tertiary/aromatic N) is 3. The van der Waals surface area contributed by atoms with Crippen LogP contribution in [-0.2, 0) is 14.4 Å². The lowest BCUT2D eigenvalue weighted by Gasteiger charge is -2.37. The molecule has 3 aliphatic heterocycles. The smallest absolute Gasteiger partial charge is 0.251 e. The third kappa shape index (κ3) is 5.15. The normalized spacial score (nSPS) is 27.3. The monoisotopic (exact) mass is 559 g/mol. The molecule has 7 nitrogen and oxygen atoms in total. The molecule has 2 bridgehead atoms. The quantitative estimate of drug-likeness (QED) is 0.290. The van der Waals surface area contributed by atoms with Crippen LogP contribution < -0.4 is 4.90 Å². The van der Waals surface area contributed by atoms with Gasteiger partial charge in [-0.25, -0.2) is 0 Å². The number of likely N-dealkylation sites (N-methyl/N-ethyl adjacent to an activating group) is 1.